The Balaban J connectivity index is 2.10. The summed E-state index contributed by atoms with van der Waals surface area (Å²) in [5.74, 6) is 0.284. The second kappa shape index (κ2) is 5.67. The zero-order chi connectivity index (χ0) is 14.0. The standard InChI is InChI=1S/C13H10BrClO4/c1-7-10(13(16)17)5-9(19-7)6-18-12-3-2-8(14)4-11(12)15/h2-5H,6H2,1H3,(H,16,17). The molecule has 1 aromatic carbocycles. The van der Waals surface area contributed by atoms with Crippen LogP contribution in [0.1, 0.15) is 21.9 Å². The van der Waals surface area contributed by atoms with Crippen molar-refractivity contribution in [1.29, 1.82) is 0 Å². The van der Waals surface area contributed by atoms with Crippen LogP contribution in [0.15, 0.2) is 33.2 Å². The molecule has 0 atom stereocenters. The van der Waals surface area contributed by atoms with Crippen LogP contribution in [0.2, 0.25) is 5.02 Å². The molecular formula is C13H10BrClO4. The van der Waals surface area contributed by atoms with Crippen molar-refractivity contribution in [3.63, 3.8) is 0 Å². The Morgan fingerprint density at radius 1 is 1.47 bits per heavy atom. The number of halogens is 2. The molecule has 1 N–H and O–H groups in total. The normalized spacial score (nSPS) is 10.5. The van der Waals surface area contributed by atoms with Crippen molar-refractivity contribution in [2.75, 3.05) is 0 Å². The number of aromatic carboxylic acids is 1. The molecule has 0 aliphatic rings. The van der Waals surface area contributed by atoms with Gasteiger partial charge in [0.25, 0.3) is 0 Å². The highest BCUT2D eigenvalue weighted by atomic mass is 79.9. The topological polar surface area (TPSA) is 59.7 Å². The molecule has 0 fully saturated rings. The molecule has 2 aromatic rings. The van der Waals surface area contributed by atoms with Gasteiger partial charge in [-0.05, 0) is 31.2 Å². The van der Waals surface area contributed by atoms with E-state index in [1.54, 1.807) is 25.1 Å². The number of benzene rings is 1. The van der Waals surface area contributed by atoms with Gasteiger partial charge in [0.2, 0.25) is 0 Å². The molecule has 0 radical (unpaired) electrons. The van der Waals surface area contributed by atoms with Crippen LogP contribution in [-0.2, 0) is 6.61 Å². The molecule has 6 heteroatoms. The minimum Gasteiger partial charge on any atom is -0.484 e. The molecule has 0 bridgehead atoms. The van der Waals surface area contributed by atoms with Crippen LogP contribution in [0.3, 0.4) is 0 Å². The van der Waals surface area contributed by atoms with Gasteiger partial charge in [-0.3, -0.25) is 0 Å². The zero-order valence-electron chi connectivity index (χ0n) is 9.94. The third-order valence-electron chi connectivity index (χ3n) is 2.46. The Morgan fingerprint density at radius 2 is 2.21 bits per heavy atom. The van der Waals surface area contributed by atoms with Gasteiger partial charge in [0.15, 0.2) is 0 Å². The van der Waals surface area contributed by atoms with E-state index in [4.69, 9.17) is 25.9 Å². The monoisotopic (exact) mass is 344 g/mol. The number of aryl methyl sites for hydroxylation is 1. The predicted molar refractivity (Wildman–Crippen MR) is 73.9 cm³/mol. The quantitative estimate of drug-likeness (QED) is 0.898. The smallest absolute Gasteiger partial charge is 0.339 e. The van der Waals surface area contributed by atoms with Crippen LogP contribution in [0.25, 0.3) is 0 Å². The third-order valence-corrected chi connectivity index (χ3v) is 3.25. The number of furan rings is 1. The maximum Gasteiger partial charge on any atom is 0.339 e. The predicted octanol–water partition coefficient (Wildman–Crippen LogP) is 4.28. The molecular weight excluding hydrogens is 335 g/mol. The van der Waals surface area contributed by atoms with Crippen LogP contribution in [0.5, 0.6) is 5.75 Å². The van der Waals surface area contributed by atoms with Crippen molar-refractivity contribution in [3.8, 4) is 5.75 Å². The summed E-state index contributed by atoms with van der Waals surface area (Å²) < 4.78 is 11.6. The molecule has 1 heterocycles. The van der Waals surface area contributed by atoms with E-state index in [-0.39, 0.29) is 12.2 Å². The lowest BCUT2D eigenvalue weighted by atomic mass is 10.2. The molecule has 4 nitrogen and oxygen atoms in total. The van der Waals surface area contributed by atoms with E-state index in [0.29, 0.717) is 22.3 Å². The Kier molecular flexibility index (Phi) is 4.17. The SMILES string of the molecule is Cc1oc(COc2ccc(Br)cc2Cl)cc1C(=O)O. The van der Waals surface area contributed by atoms with Gasteiger partial charge in [0.05, 0.1) is 5.02 Å². The first-order chi connectivity index (χ1) is 8.97. The Labute approximate surface area is 123 Å². The number of ether oxygens (including phenoxy) is 1. The second-order valence-electron chi connectivity index (χ2n) is 3.85. The largest absolute Gasteiger partial charge is 0.484 e. The second-order valence-corrected chi connectivity index (χ2v) is 5.17. The van der Waals surface area contributed by atoms with Crippen LogP contribution >= 0.6 is 27.5 Å². The molecule has 0 amide bonds. The summed E-state index contributed by atoms with van der Waals surface area (Å²) in [6.45, 7) is 1.72. The summed E-state index contributed by atoms with van der Waals surface area (Å²) in [4.78, 5) is 10.9. The van der Waals surface area contributed by atoms with Gasteiger partial charge in [-0.25, -0.2) is 4.79 Å². The van der Waals surface area contributed by atoms with Gasteiger partial charge >= 0.3 is 5.97 Å². The van der Waals surface area contributed by atoms with Crippen molar-refractivity contribution >= 4 is 33.5 Å². The molecule has 1 aromatic heterocycles. The fourth-order valence-electron chi connectivity index (χ4n) is 1.57. The first kappa shape index (κ1) is 14.0. The minimum absolute atomic E-state index is 0.121. The summed E-state index contributed by atoms with van der Waals surface area (Å²) in [6, 6.07) is 6.69. The summed E-state index contributed by atoms with van der Waals surface area (Å²) in [7, 11) is 0. The number of carboxylic acid groups (broad SMARTS) is 1. The van der Waals surface area contributed by atoms with Gasteiger partial charge in [-0.2, -0.15) is 0 Å². The Hall–Kier alpha value is -1.46. The molecule has 100 valence electrons. The summed E-state index contributed by atoms with van der Waals surface area (Å²) in [5, 5.41) is 9.38. The number of hydrogen-bond acceptors (Lipinski definition) is 3. The average Bonchev–Trinajstić information content (AvgIpc) is 2.69. The number of rotatable bonds is 4. The first-order valence-corrected chi connectivity index (χ1v) is 6.55. The van der Waals surface area contributed by atoms with Crippen LogP contribution in [0.4, 0.5) is 0 Å². The van der Waals surface area contributed by atoms with E-state index in [1.807, 2.05) is 0 Å². The number of carbonyl (C=O) groups is 1. The maximum atomic E-state index is 10.9. The van der Waals surface area contributed by atoms with Gasteiger partial charge in [0, 0.05) is 4.47 Å². The highest BCUT2D eigenvalue weighted by molar-refractivity contribution is 9.10. The highest BCUT2D eigenvalue weighted by Gasteiger charge is 2.14. The fourth-order valence-corrected chi connectivity index (χ4v) is 2.30. The van der Waals surface area contributed by atoms with Crippen LogP contribution < -0.4 is 4.74 Å². The lowest BCUT2D eigenvalue weighted by Gasteiger charge is -2.06. The molecule has 0 aliphatic heterocycles. The molecule has 0 spiro atoms. The van der Waals surface area contributed by atoms with Crippen molar-refractivity contribution in [2.45, 2.75) is 13.5 Å². The summed E-state index contributed by atoms with van der Waals surface area (Å²) in [5.41, 5.74) is 0.139. The Morgan fingerprint density at radius 3 is 2.79 bits per heavy atom. The molecule has 0 saturated heterocycles. The van der Waals surface area contributed by atoms with E-state index in [2.05, 4.69) is 15.9 Å². The molecule has 19 heavy (non-hydrogen) atoms. The molecule has 0 unspecified atom stereocenters. The summed E-state index contributed by atoms with van der Waals surface area (Å²) in [6.07, 6.45) is 0. The average molecular weight is 346 g/mol. The Bertz CT molecular complexity index is 621. The van der Waals surface area contributed by atoms with Crippen molar-refractivity contribution in [3.05, 3.63) is 50.8 Å². The van der Waals surface area contributed by atoms with Gasteiger partial charge in [0.1, 0.15) is 29.4 Å². The van der Waals surface area contributed by atoms with Gasteiger partial charge in [-0.15, -0.1) is 0 Å². The van der Waals surface area contributed by atoms with Crippen LogP contribution in [-0.4, -0.2) is 11.1 Å². The fraction of sp³-hybridized carbons (Fsp3) is 0.154. The summed E-state index contributed by atoms with van der Waals surface area (Å²) >= 11 is 9.30. The van der Waals surface area contributed by atoms with E-state index in [1.165, 1.54) is 6.07 Å². The third kappa shape index (κ3) is 3.30. The molecule has 2 rings (SSSR count). The van der Waals surface area contributed by atoms with Gasteiger partial charge < -0.3 is 14.3 Å². The van der Waals surface area contributed by atoms with E-state index in [0.717, 1.165) is 4.47 Å². The van der Waals surface area contributed by atoms with E-state index < -0.39 is 5.97 Å². The number of carboxylic acids is 1. The van der Waals surface area contributed by atoms with Crippen molar-refractivity contribution < 1.29 is 19.1 Å². The molecule has 0 saturated carbocycles. The number of hydrogen-bond donors (Lipinski definition) is 1. The van der Waals surface area contributed by atoms with Crippen LogP contribution in [0, 0.1) is 6.92 Å². The van der Waals surface area contributed by atoms with E-state index in [9.17, 15) is 4.79 Å². The minimum atomic E-state index is -1.02. The lowest BCUT2D eigenvalue weighted by molar-refractivity contribution is 0.0695. The van der Waals surface area contributed by atoms with Crippen molar-refractivity contribution in [1.82, 2.24) is 0 Å². The molecule has 0 aliphatic carbocycles. The first-order valence-electron chi connectivity index (χ1n) is 5.38. The highest BCUT2D eigenvalue weighted by Crippen LogP contribution is 2.28. The van der Waals surface area contributed by atoms with E-state index >= 15 is 0 Å². The lowest BCUT2D eigenvalue weighted by Crippen LogP contribution is -1.96. The zero-order valence-corrected chi connectivity index (χ0v) is 12.3. The maximum absolute atomic E-state index is 10.9. The van der Waals surface area contributed by atoms with Gasteiger partial charge in [-0.1, -0.05) is 27.5 Å². The van der Waals surface area contributed by atoms with Crippen molar-refractivity contribution in [2.24, 2.45) is 0 Å².